The highest BCUT2D eigenvalue weighted by Gasteiger charge is 2.21. The summed E-state index contributed by atoms with van der Waals surface area (Å²) in [7, 11) is 0. The van der Waals surface area contributed by atoms with Crippen LogP contribution in [0.5, 0.6) is 0 Å². The fourth-order valence-electron chi connectivity index (χ4n) is 2.72. The zero-order valence-corrected chi connectivity index (χ0v) is 12.4. The Kier molecular flexibility index (Phi) is 3.55. The number of benzene rings is 1. The fraction of sp³-hybridized carbons (Fsp3) is 0.400. The van der Waals surface area contributed by atoms with Gasteiger partial charge in [-0.1, -0.05) is 30.1 Å². The molecule has 0 unspecified atom stereocenters. The summed E-state index contributed by atoms with van der Waals surface area (Å²) in [4.78, 5) is 4.73. The molecule has 1 aromatic heterocycles. The lowest BCUT2D eigenvalue weighted by atomic mass is 10.1. The molecule has 0 bridgehead atoms. The van der Waals surface area contributed by atoms with Crippen LogP contribution in [-0.2, 0) is 12.8 Å². The number of rotatable bonds is 3. The maximum atomic E-state index is 6.31. The van der Waals surface area contributed by atoms with Crippen LogP contribution in [0, 0.1) is 0 Å². The first-order valence-electron chi connectivity index (χ1n) is 6.75. The van der Waals surface area contributed by atoms with E-state index in [0.717, 1.165) is 36.7 Å². The predicted octanol–water partition coefficient (Wildman–Crippen LogP) is 4.85. The van der Waals surface area contributed by atoms with Gasteiger partial charge in [-0.15, -0.1) is 0 Å². The predicted molar refractivity (Wildman–Crippen MR) is 82.6 cm³/mol. The van der Waals surface area contributed by atoms with Crippen LogP contribution in [-0.4, -0.2) is 11.5 Å². The van der Waals surface area contributed by atoms with Crippen molar-refractivity contribution in [3.8, 4) is 0 Å². The van der Waals surface area contributed by atoms with E-state index in [9.17, 15) is 0 Å². The van der Waals surface area contributed by atoms with Crippen molar-refractivity contribution in [1.29, 1.82) is 0 Å². The zero-order valence-electron chi connectivity index (χ0n) is 10.9. The quantitative estimate of drug-likeness (QED) is 0.875. The maximum absolute atomic E-state index is 6.31. The van der Waals surface area contributed by atoms with Gasteiger partial charge in [0.15, 0.2) is 0 Å². The van der Waals surface area contributed by atoms with Crippen molar-refractivity contribution in [2.24, 2.45) is 0 Å². The number of anilines is 1. The number of halogens is 2. The molecule has 1 aliphatic rings. The van der Waals surface area contributed by atoms with E-state index in [1.54, 1.807) is 0 Å². The second-order valence-electron chi connectivity index (χ2n) is 4.95. The largest absolute Gasteiger partial charge is 0.384 e. The van der Waals surface area contributed by atoms with E-state index in [1.165, 1.54) is 23.4 Å². The molecule has 0 amide bonds. The fourth-order valence-corrected chi connectivity index (χ4v) is 3.08. The van der Waals surface area contributed by atoms with E-state index < -0.39 is 0 Å². The average molecular weight is 295 g/mol. The lowest BCUT2D eigenvalue weighted by molar-refractivity contribution is 0.900. The molecule has 0 fully saturated rings. The normalized spacial score (nSPS) is 13.8. The number of aryl methyl sites for hydroxylation is 1. The van der Waals surface area contributed by atoms with Crippen LogP contribution < -0.4 is 5.32 Å². The van der Waals surface area contributed by atoms with Crippen molar-refractivity contribution in [3.63, 3.8) is 0 Å². The molecule has 1 aliphatic carbocycles. The average Bonchev–Trinajstić information content (AvgIpc) is 2.87. The molecule has 0 saturated heterocycles. The molecule has 1 N–H and O–H groups in total. The highest BCUT2D eigenvalue weighted by Crippen LogP contribution is 2.38. The van der Waals surface area contributed by atoms with Gasteiger partial charge in [-0.3, -0.25) is 4.98 Å². The molecule has 2 nitrogen and oxygen atoms in total. The highest BCUT2D eigenvalue weighted by molar-refractivity contribution is 6.45. The van der Waals surface area contributed by atoms with Crippen molar-refractivity contribution >= 4 is 39.8 Å². The zero-order chi connectivity index (χ0) is 13.4. The SMILES string of the molecule is CCCNc1c2c(nc3c(Cl)c(Cl)ccc13)CCC2. The first-order valence-corrected chi connectivity index (χ1v) is 7.51. The van der Waals surface area contributed by atoms with E-state index in [4.69, 9.17) is 28.2 Å². The molecule has 4 heteroatoms. The molecule has 1 aromatic carbocycles. The second-order valence-corrected chi connectivity index (χ2v) is 5.74. The van der Waals surface area contributed by atoms with Crippen molar-refractivity contribution in [2.75, 3.05) is 11.9 Å². The minimum atomic E-state index is 0.563. The van der Waals surface area contributed by atoms with E-state index >= 15 is 0 Å². The molecule has 3 rings (SSSR count). The number of pyridine rings is 1. The van der Waals surface area contributed by atoms with Gasteiger partial charge in [0.2, 0.25) is 0 Å². The Bertz CT molecular complexity index is 638. The molecular weight excluding hydrogens is 279 g/mol. The number of nitrogens with zero attached hydrogens (tertiary/aromatic N) is 1. The Balaban J connectivity index is 2.27. The van der Waals surface area contributed by atoms with E-state index in [0.29, 0.717) is 10.0 Å². The summed E-state index contributed by atoms with van der Waals surface area (Å²) in [6.07, 6.45) is 4.41. The number of hydrogen-bond donors (Lipinski definition) is 1. The topological polar surface area (TPSA) is 24.9 Å². The number of hydrogen-bond acceptors (Lipinski definition) is 2. The summed E-state index contributed by atoms with van der Waals surface area (Å²) in [6.45, 7) is 3.13. The smallest absolute Gasteiger partial charge is 0.0927 e. The first-order chi connectivity index (χ1) is 9.22. The molecule has 19 heavy (non-hydrogen) atoms. The van der Waals surface area contributed by atoms with Gasteiger partial charge < -0.3 is 5.32 Å². The number of fused-ring (bicyclic) bond motifs is 2. The molecule has 0 radical (unpaired) electrons. The Morgan fingerprint density at radius 2 is 2.11 bits per heavy atom. The monoisotopic (exact) mass is 294 g/mol. The summed E-state index contributed by atoms with van der Waals surface area (Å²) < 4.78 is 0. The summed E-state index contributed by atoms with van der Waals surface area (Å²) in [5.74, 6) is 0. The molecule has 0 saturated carbocycles. The lowest BCUT2D eigenvalue weighted by Crippen LogP contribution is -2.05. The van der Waals surface area contributed by atoms with Crippen LogP contribution in [0.2, 0.25) is 10.0 Å². The van der Waals surface area contributed by atoms with E-state index in [-0.39, 0.29) is 0 Å². The summed E-state index contributed by atoms with van der Waals surface area (Å²) in [5.41, 5.74) is 4.57. The van der Waals surface area contributed by atoms with Gasteiger partial charge in [-0.05, 0) is 43.4 Å². The van der Waals surface area contributed by atoms with Crippen LogP contribution in [0.15, 0.2) is 12.1 Å². The molecule has 0 spiro atoms. The first kappa shape index (κ1) is 13.0. The van der Waals surface area contributed by atoms with Gasteiger partial charge in [0.1, 0.15) is 0 Å². The number of aromatic nitrogens is 1. The van der Waals surface area contributed by atoms with Crippen molar-refractivity contribution in [3.05, 3.63) is 33.4 Å². The van der Waals surface area contributed by atoms with Gasteiger partial charge in [0.25, 0.3) is 0 Å². The minimum Gasteiger partial charge on any atom is -0.384 e. The number of nitrogens with one attached hydrogen (secondary N) is 1. The highest BCUT2D eigenvalue weighted by atomic mass is 35.5. The van der Waals surface area contributed by atoms with Crippen LogP contribution >= 0.6 is 23.2 Å². The molecule has 0 aliphatic heterocycles. The van der Waals surface area contributed by atoms with Crippen LogP contribution in [0.1, 0.15) is 31.0 Å². The third kappa shape index (κ3) is 2.17. The van der Waals surface area contributed by atoms with Crippen molar-refractivity contribution in [2.45, 2.75) is 32.6 Å². The minimum absolute atomic E-state index is 0.563. The summed E-state index contributed by atoms with van der Waals surface area (Å²) >= 11 is 12.4. The van der Waals surface area contributed by atoms with E-state index in [1.807, 2.05) is 12.1 Å². The standard InChI is InChI=1S/C15H16Cl2N2/c1-2-8-18-14-9-4-3-5-12(9)19-15-10(14)6-7-11(16)13(15)17/h6-7H,2-5,8H2,1H3,(H,18,19). The molecular formula is C15H16Cl2N2. The van der Waals surface area contributed by atoms with Crippen LogP contribution in [0.25, 0.3) is 10.9 Å². The Labute approximate surface area is 123 Å². The molecule has 100 valence electrons. The maximum Gasteiger partial charge on any atom is 0.0927 e. The van der Waals surface area contributed by atoms with Gasteiger partial charge in [-0.2, -0.15) is 0 Å². The van der Waals surface area contributed by atoms with Crippen molar-refractivity contribution < 1.29 is 0 Å². The summed E-state index contributed by atoms with van der Waals surface area (Å²) in [5, 5.41) is 5.76. The molecule has 0 atom stereocenters. The second kappa shape index (κ2) is 5.18. The molecule has 2 aromatic rings. The Morgan fingerprint density at radius 1 is 1.26 bits per heavy atom. The lowest BCUT2D eigenvalue weighted by Gasteiger charge is -2.15. The van der Waals surface area contributed by atoms with Crippen LogP contribution in [0.3, 0.4) is 0 Å². The van der Waals surface area contributed by atoms with E-state index in [2.05, 4.69) is 12.2 Å². The van der Waals surface area contributed by atoms with Gasteiger partial charge >= 0.3 is 0 Å². The van der Waals surface area contributed by atoms with Crippen molar-refractivity contribution in [1.82, 2.24) is 4.98 Å². The summed E-state index contributed by atoms with van der Waals surface area (Å²) in [6, 6.07) is 3.87. The van der Waals surface area contributed by atoms with Crippen LogP contribution in [0.4, 0.5) is 5.69 Å². The van der Waals surface area contributed by atoms with Gasteiger partial charge in [0.05, 0.1) is 15.6 Å². The van der Waals surface area contributed by atoms with Gasteiger partial charge in [-0.25, -0.2) is 0 Å². The molecule has 1 heterocycles. The Morgan fingerprint density at radius 3 is 2.89 bits per heavy atom. The Hall–Kier alpha value is -0.990. The van der Waals surface area contributed by atoms with Gasteiger partial charge in [0, 0.05) is 23.3 Å². The third-order valence-corrected chi connectivity index (χ3v) is 4.42. The third-order valence-electron chi connectivity index (χ3n) is 3.63.